The average Bonchev–Trinajstić information content (AvgIpc) is 2.56. The molecule has 22 heavy (non-hydrogen) atoms. The molecule has 0 spiro atoms. The Morgan fingerprint density at radius 2 is 1.64 bits per heavy atom. The van der Waals surface area contributed by atoms with Crippen LogP contribution in [0.25, 0.3) is 22.4 Å². The SMILES string of the molecule is O=C(O)c1c[nH]c(=O)c(-c2cccc(-c3ccccc3)c2)n1. The Labute approximate surface area is 125 Å². The van der Waals surface area contributed by atoms with Gasteiger partial charge in [-0.3, -0.25) is 4.79 Å². The minimum Gasteiger partial charge on any atom is -0.476 e. The molecule has 0 aliphatic heterocycles. The van der Waals surface area contributed by atoms with Gasteiger partial charge >= 0.3 is 5.97 Å². The van der Waals surface area contributed by atoms with Crippen molar-refractivity contribution in [1.29, 1.82) is 0 Å². The monoisotopic (exact) mass is 292 g/mol. The largest absolute Gasteiger partial charge is 0.476 e. The molecule has 1 aromatic heterocycles. The number of rotatable bonds is 3. The molecule has 108 valence electrons. The molecular formula is C17H12N2O3. The predicted octanol–water partition coefficient (Wildman–Crippen LogP) is 2.80. The highest BCUT2D eigenvalue weighted by Crippen LogP contribution is 2.23. The van der Waals surface area contributed by atoms with Crippen LogP contribution in [0.15, 0.2) is 65.6 Å². The van der Waals surface area contributed by atoms with E-state index in [9.17, 15) is 9.59 Å². The van der Waals surface area contributed by atoms with E-state index < -0.39 is 11.5 Å². The third-order valence-corrected chi connectivity index (χ3v) is 3.25. The Bertz CT molecular complexity index is 886. The smallest absolute Gasteiger partial charge is 0.356 e. The van der Waals surface area contributed by atoms with Gasteiger partial charge in [0.05, 0.1) is 0 Å². The van der Waals surface area contributed by atoms with E-state index in [1.807, 2.05) is 48.5 Å². The van der Waals surface area contributed by atoms with Crippen LogP contribution < -0.4 is 5.56 Å². The van der Waals surface area contributed by atoms with E-state index in [-0.39, 0.29) is 11.4 Å². The van der Waals surface area contributed by atoms with E-state index >= 15 is 0 Å². The maximum Gasteiger partial charge on any atom is 0.356 e. The normalized spacial score (nSPS) is 10.4. The number of carboxylic acids is 1. The van der Waals surface area contributed by atoms with Crippen molar-refractivity contribution < 1.29 is 9.90 Å². The minimum absolute atomic E-state index is 0.0951. The Balaban J connectivity index is 2.12. The summed E-state index contributed by atoms with van der Waals surface area (Å²) in [5, 5.41) is 9.00. The number of aromatic amines is 1. The third kappa shape index (κ3) is 2.64. The van der Waals surface area contributed by atoms with E-state index in [0.717, 1.165) is 17.3 Å². The van der Waals surface area contributed by atoms with Gasteiger partial charge in [-0.25, -0.2) is 9.78 Å². The van der Waals surface area contributed by atoms with Gasteiger partial charge in [0.2, 0.25) is 0 Å². The van der Waals surface area contributed by atoms with Gasteiger partial charge in [-0.2, -0.15) is 0 Å². The summed E-state index contributed by atoms with van der Waals surface area (Å²) in [7, 11) is 0. The van der Waals surface area contributed by atoms with Gasteiger partial charge < -0.3 is 10.1 Å². The number of nitrogens with one attached hydrogen (secondary N) is 1. The second-order valence-corrected chi connectivity index (χ2v) is 4.72. The van der Waals surface area contributed by atoms with E-state index in [1.54, 1.807) is 6.07 Å². The molecule has 0 bridgehead atoms. The Morgan fingerprint density at radius 1 is 0.955 bits per heavy atom. The molecular weight excluding hydrogens is 280 g/mol. The fourth-order valence-corrected chi connectivity index (χ4v) is 2.19. The summed E-state index contributed by atoms with van der Waals surface area (Å²) in [6.45, 7) is 0. The maximum absolute atomic E-state index is 11.9. The maximum atomic E-state index is 11.9. The Morgan fingerprint density at radius 3 is 2.36 bits per heavy atom. The van der Waals surface area contributed by atoms with E-state index in [1.165, 1.54) is 0 Å². The second kappa shape index (κ2) is 5.65. The van der Waals surface area contributed by atoms with Gasteiger partial charge in [-0.05, 0) is 17.2 Å². The lowest BCUT2D eigenvalue weighted by Gasteiger charge is -2.05. The summed E-state index contributed by atoms with van der Waals surface area (Å²) in [6.07, 6.45) is 1.09. The number of benzene rings is 2. The zero-order valence-corrected chi connectivity index (χ0v) is 11.5. The highest BCUT2D eigenvalue weighted by atomic mass is 16.4. The molecule has 0 atom stereocenters. The predicted molar refractivity (Wildman–Crippen MR) is 82.7 cm³/mol. The quantitative estimate of drug-likeness (QED) is 0.777. The molecule has 0 fully saturated rings. The molecule has 2 aromatic carbocycles. The zero-order valence-electron chi connectivity index (χ0n) is 11.5. The number of hydrogen-bond acceptors (Lipinski definition) is 3. The third-order valence-electron chi connectivity index (χ3n) is 3.25. The van der Waals surface area contributed by atoms with Gasteiger partial charge in [-0.15, -0.1) is 0 Å². The Kier molecular flexibility index (Phi) is 3.53. The van der Waals surface area contributed by atoms with Crippen LogP contribution in [0.5, 0.6) is 0 Å². The highest BCUT2D eigenvalue weighted by molar-refractivity contribution is 5.85. The van der Waals surface area contributed by atoms with E-state index in [2.05, 4.69) is 9.97 Å². The van der Waals surface area contributed by atoms with Crippen LogP contribution in [0.1, 0.15) is 10.5 Å². The molecule has 2 N–H and O–H groups in total. The molecule has 0 aliphatic rings. The molecule has 3 aromatic rings. The fourth-order valence-electron chi connectivity index (χ4n) is 2.19. The first kappa shape index (κ1) is 13.8. The molecule has 5 heteroatoms. The number of carbonyl (C=O) groups is 1. The molecule has 3 rings (SSSR count). The fraction of sp³-hybridized carbons (Fsp3) is 0. The lowest BCUT2D eigenvalue weighted by atomic mass is 10.0. The van der Waals surface area contributed by atoms with Crippen LogP contribution in [-0.4, -0.2) is 21.0 Å². The number of carboxylic acid groups (broad SMARTS) is 1. The van der Waals surface area contributed by atoms with Crippen molar-refractivity contribution in [2.45, 2.75) is 0 Å². The highest BCUT2D eigenvalue weighted by Gasteiger charge is 2.11. The van der Waals surface area contributed by atoms with E-state index in [0.29, 0.717) is 5.56 Å². The molecule has 0 unspecified atom stereocenters. The summed E-state index contributed by atoms with van der Waals surface area (Å²) in [4.78, 5) is 29.3. The van der Waals surface area contributed by atoms with Crippen LogP contribution in [0, 0.1) is 0 Å². The number of aromatic carboxylic acids is 1. The zero-order chi connectivity index (χ0) is 15.5. The van der Waals surface area contributed by atoms with Gasteiger partial charge in [0.15, 0.2) is 5.69 Å². The summed E-state index contributed by atoms with van der Waals surface area (Å²) in [6, 6.07) is 17.0. The van der Waals surface area contributed by atoms with Crippen LogP contribution in [0.2, 0.25) is 0 Å². The van der Waals surface area contributed by atoms with Gasteiger partial charge in [0.25, 0.3) is 5.56 Å². The van der Waals surface area contributed by atoms with Gasteiger partial charge in [0, 0.05) is 11.8 Å². The molecule has 0 saturated carbocycles. The first-order valence-corrected chi connectivity index (χ1v) is 6.64. The van der Waals surface area contributed by atoms with Crippen molar-refractivity contribution in [2.24, 2.45) is 0 Å². The van der Waals surface area contributed by atoms with Crippen molar-refractivity contribution in [2.75, 3.05) is 0 Å². The van der Waals surface area contributed by atoms with Crippen molar-refractivity contribution in [3.63, 3.8) is 0 Å². The summed E-state index contributed by atoms with van der Waals surface area (Å²) in [5.41, 5.74) is 1.99. The summed E-state index contributed by atoms with van der Waals surface area (Å²) < 4.78 is 0. The molecule has 0 radical (unpaired) electrons. The Hall–Kier alpha value is -3.21. The van der Waals surface area contributed by atoms with Crippen molar-refractivity contribution in [3.05, 3.63) is 76.8 Å². The average molecular weight is 292 g/mol. The summed E-state index contributed by atoms with van der Waals surface area (Å²) >= 11 is 0. The minimum atomic E-state index is -1.18. The van der Waals surface area contributed by atoms with Crippen LogP contribution in [0.4, 0.5) is 0 Å². The summed E-state index contributed by atoms with van der Waals surface area (Å²) in [5.74, 6) is -1.18. The number of aromatic nitrogens is 2. The number of nitrogens with zero attached hydrogens (tertiary/aromatic N) is 1. The topological polar surface area (TPSA) is 83.0 Å². The lowest BCUT2D eigenvalue weighted by Crippen LogP contribution is -2.15. The van der Waals surface area contributed by atoms with Gasteiger partial charge in [-0.1, -0.05) is 48.5 Å². The van der Waals surface area contributed by atoms with Crippen molar-refractivity contribution in [3.8, 4) is 22.4 Å². The molecule has 5 nitrogen and oxygen atoms in total. The van der Waals surface area contributed by atoms with Crippen molar-refractivity contribution >= 4 is 5.97 Å². The van der Waals surface area contributed by atoms with Crippen LogP contribution >= 0.6 is 0 Å². The molecule has 0 aliphatic carbocycles. The van der Waals surface area contributed by atoms with Gasteiger partial charge in [0.1, 0.15) is 5.69 Å². The number of hydrogen-bond donors (Lipinski definition) is 2. The first-order chi connectivity index (χ1) is 10.6. The second-order valence-electron chi connectivity index (χ2n) is 4.72. The lowest BCUT2D eigenvalue weighted by molar-refractivity contribution is 0.0690. The number of H-pyrrole nitrogens is 1. The molecule has 0 amide bonds. The van der Waals surface area contributed by atoms with Crippen LogP contribution in [-0.2, 0) is 0 Å². The molecule has 0 saturated heterocycles. The van der Waals surface area contributed by atoms with Crippen LogP contribution in [0.3, 0.4) is 0 Å². The van der Waals surface area contributed by atoms with Crippen molar-refractivity contribution in [1.82, 2.24) is 9.97 Å². The molecule has 1 heterocycles. The van der Waals surface area contributed by atoms with E-state index in [4.69, 9.17) is 5.11 Å². The standard InChI is InChI=1S/C17H12N2O3/c20-16-15(19-14(10-18-16)17(21)22)13-8-4-7-12(9-13)11-5-2-1-3-6-11/h1-10H,(H,18,20)(H,21,22). The first-order valence-electron chi connectivity index (χ1n) is 6.64.